The van der Waals surface area contributed by atoms with E-state index in [1.54, 1.807) is 36.3 Å². The molecule has 1 aromatic heterocycles. The van der Waals surface area contributed by atoms with Crippen molar-refractivity contribution >= 4 is 22.6 Å². The molecule has 2 aromatic rings. The Hall–Kier alpha value is -1.88. The van der Waals surface area contributed by atoms with Crippen LogP contribution in [-0.4, -0.2) is 26.8 Å². The van der Waals surface area contributed by atoms with Gasteiger partial charge in [0.2, 0.25) is 0 Å². The Balaban J connectivity index is 1.66. The number of amidine groups is 1. The Kier molecular flexibility index (Phi) is 3.15. The van der Waals surface area contributed by atoms with Crippen LogP contribution < -0.4 is 0 Å². The summed E-state index contributed by atoms with van der Waals surface area (Å²) in [7, 11) is 0. The number of benzene rings is 1. The third kappa shape index (κ3) is 2.42. The fourth-order valence-electron chi connectivity index (χ4n) is 2.87. The highest BCUT2D eigenvalue weighted by Crippen LogP contribution is 2.34. The topological polar surface area (TPSA) is 28.5 Å². The van der Waals surface area contributed by atoms with Crippen molar-refractivity contribution in [1.82, 2.24) is 9.88 Å². The molecule has 1 unspecified atom stereocenters. The SMILES string of the molecule is Fc1ccc2c(c1)CN1C(=Nc3cccnc3)SCC1C2. The maximum atomic E-state index is 13.4. The van der Waals surface area contributed by atoms with Gasteiger partial charge in [0.1, 0.15) is 5.82 Å². The number of pyridine rings is 1. The van der Waals surface area contributed by atoms with Gasteiger partial charge >= 0.3 is 0 Å². The Labute approximate surface area is 126 Å². The first-order valence-electron chi connectivity index (χ1n) is 6.95. The van der Waals surface area contributed by atoms with Crippen molar-refractivity contribution in [2.24, 2.45) is 4.99 Å². The van der Waals surface area contributed by atoms with Crippen LogP contribution in [0.3, 0.4) is 0 Å². The highest BCUT2D eigenvalue weighted by Gasteiger charge is 2.34. The number of fused-ring (bicyclic) bond motifs is 2. The Morgan fingerprint density at radius 2 is 2.24 bits per heavy atom. The maximum absolute atomic E-state index is 13.4. The van der Waals surface area contributed by atoms with E-state index < -0.39 is 0 Å². The average molecular weight is 299 g/mol. The number of aromatic nitrogens is 1. The second kappa shape index (κ2) is 5.15. The first-order valence-corrected chi connectivity index (χ1v) is 7.93. The summed E-state index contributed by atoms with van der Waals surface area (Å²) in [6.07, 6.45) is 4.47. The lowest BCUT2D eigenvalue weighted by molar-refractivity contribution is 0.319. The molecule has 1 aromatic carbocycles. The van der Waals surface area contributed by atoms with Gasteiger partial charge in [-0.2, -0.15) is 0 Å². The lowest BCUT2D eigenvalue weighted by Crippen LogP contribution is -2.38. The molecule has 1 fully saturated rings. The summed E-state index contributed by atoms with van der Waals surface area (Å²) in [5.74, 6) is 0.875. The van der Waals surface area contributed by atoms with Gasteiger partial charge in [0.15, 0.2) is 5.17 Å². The number of thioether (sulfide) groups is 1. The minimum Gasteiger partial charge on any atom is -0.343 e. The molecule has 21 heavy (non-hydrogen) atoms. The van der Waals surface area contributed by atoms with Crippen molar-refractivity contribution in [2.45, 2.75) is 19.0 Å². The number of nitrogens with zero attached hydrogens (tertiary/aromatic N) is 3. The van der Waals surface area contributed by atoms with Crippen molar-refractivity contribution < 1.29 is 4.39 Å². The van der Waals surface area contributed by atoms with Crippen LogP contribution in [0.4, 0.5) is 10.1 Å². The predicted molar refractivity (Wildman–Crippen MR) is 83.2 cm³/mol. The van der Waals surface area contributed by atoms with Gasteiger partial charge < -0.3 is 4.90 Å². The van der Waals surface area contributed by atoms with Crippen LogP contribution in [0, 0.1) is 5.82 Å². The van der Waals surface area contributed by atoms with Gasteiger partial charge in [-0.15, -0.1) is 0 Å². The highest BCUT2D eigenvalue weighted by molar-refractivity contribution is 8.14. The molecule has 0 saturated carbocycles. The maximum Gasteiger partial charge on any atom is 0.165 e. The van der Waals surface area contributed by atoms with E-state index >= 15 is 0 Å². The number of hydrogen-bond acceptors (Lipinski definition) is 3. The smallest absolute Gasteiger partial charge is 0.165 e. The van der Waals surface area contributed by atoms with E-state index in [4.69, 9.17) is 0 Å². The largest absolute Gasteiger partial charge is 0.343 e. The molecule has 3 nitrogen and oxygen atoms in total. The van der Waals surface area contributed by atoms with Crippen molar-refractivity contribution in [2.75, 3.05) is 5.75 Å². The van der Waals surface area contributed by atoms with Crippen LogP contribution in [0.5, 0.6) is 0 Å². The highest BCUT2D eigenvalue weighted by atomic mass is 32.2. The summed E-state index contributed by atoms with van der Waals surface area (Å²) in [4.78, 5) is 11.1. The summed E-state index contributed by atoms with van der Waals surface area (Å²) in [5, 5.41) is 1.02. The van der Waals surface area contributed by atoms with Gasteiger partial charge in [-0.1, -0.05) is 17.8 Å². The summed E-state index contributed by atoms with van der Waals surface area (Å²) >= 11 is 1.77. The van der Waals surface area contributed by atoms with Gasteiger partial charge in [-0.3, -0.25) is 4.98 Å². The Morgan fingerprint density at radius 1 is 1.29 bits per heavy atom. The number of halogens is 1. The number of rotatable bonds is 1. The number of hydrogen-bond donors (Lipinski definition) is 0. The van der Waals surface area contributed by atoms with Crippen molar-refractivity contribution in [1.29, 1.82) is 0 Å². The third-order valence-electron chi connectivity index (χ3n) is 3.93. The molecule has 0 radical (unpaired) electrons. The lowest BCUT2D eigenvalue weighted by atomic mass is 9.95. The molecule has 5 heteroatoms. The first kappa shape index (κ1) is 12.8. The van der Waals surface area contributed by atoms with Crippen LogP contribution in [0.2, 0.25) is 0 Å². The van der Waals surface area contributed by atoms with Crippen LogP contribution in [-0.2, 0) is 13.0 Å². The van der Waals surface area contributed by atoms with Crippen LogP contribution in [0.1, 0.15) is 11.1 Å². The number of aliphatic imine (C=N–C) groups is 1. The molecule has 0 amide bonds. The molecular weight excluding hydrogens is 285 g/mol. The fourth-order valence-corrected chi connectivity index (χ4v) is 4.06. The lowest BCUT2D eigenvalue weighted by Gasteiger charge is -2.32. The van der Waals surface area contributed by atoms with Crippen molar-refractivity contribution in [3.05, 3.63) is 59.7 Å². The zero-order chi connectivity index (χ0) is 14.2. The molecule has 1 atom stereocenters. The van der Waals surface area contributed by atoms with Gasteiger partial charge in [0.05, 0.1) is 11.9 Å². The van der Waals surface area contributed by atoms with Crippen LogP contribution >= 0.6 is 11.8 Å². The van der Waals surface area contributed by atoms with E-state index in [-0.39, 0.29) is 5.82 Å². The molecule has 0 bridgehead atoms. The molecule has 2 aliphatic rings. The third-order valence-corrected chi connectivity index (χ3v) is 5.06. The minimum absolute atomic E-state index is 0.162. The summed E-state index contributed by atoms with van der Waals surface area (Å²) in [5.41, 5.74) is 3.21. The van der Waals surface area contributed by atoms with Crippen LogP contribution in [0.15, 0.2) is 47.7 Å². The summed E-state index contributed by atoms with van der Waals surface area (Å²) < 4.78 is 13.4. The fraction of sp³-hybridized carbons (Fsp3) is 0.250. The van der Waals surface area contributed by atoms with E-state index in [9.17, 15) is 4.39 Å². The minimum atomic E-state index is -0.162. The standard InChI is InChI=1S/C16H14FN3S/c17-13-4-3-11-7-15-10-21-16(20(15)9-12(11)6-13)19-14-2-1-5-18-8-14/h1-6,8,15H,7,9-10H2. The van der Waals surface area contributed by atoms with Gasteiger partial charge in [-0.05, 0) is 41.8 Å². The zero-order valence-corrected chi connectivity index (χ0v) is 12.2. The quantitative estimate of drug-likeness (QED) is 0.808. The first-order chi connectivity index (χ1) is 10.3. The molecule has 1 saturated heterocycles. The average Bonchev–Trinajstić information content (AvgIpc) is 2.88. The Bertz CT molecular complexity index is 702. The molecule has 2 aliphatic heterocycles. The zero-order valence-electron chi connectivity index (χ0n) is 11.4. The molecule has 4 rings (SSSR count). The Morgan fingerprint density at radius 3 is 3.10 bits per heavy atom. The normalized spacial score (nSPS) is 22.2. The molecular formula is C16H14FN3S. The predicted octanol–water partition coefficient (Wildman–Crippen LogP) is 3.38. The van der Waals surface area contributed by atoms with E-state index in [1.165, 1.54) is 5.56 Å². The van der Waals surface area contributed by atoms with E-state index in [1.807, 2.05) is 18.2 Å². The van der Waals surface area contributed by atoms with Gasteiger partial charge in [0.25, 0.3) is 0 Å². The van der Waals surface area contributed by atoms with Crippen molar-refractivity contribution in [3.63, 3.8) is 0 Å². The van der Waals surface area contributed by atoms with E-state index in [0.717, 1.165) is 35.1 Å². The van der Waals surface area contributed by atoms with Crippen molar-refractivity contribution in [3.8, 4) is 0 Å². The second-order valence-electron chi connectivity index (χ2n) is 5.32. The molecule has 106 valence electrons. The van der Waals surface area contributed by atoms with Gasteiger partial charge in [0, 0.05) is 24.5 Å². The summed E-state index contributed by atoms with van der Waals surface area (Å²) in [6.45, 7) is 0.740. The van der Waals surface area contributed by atoms with E-state index in [0.29, 0.717) is 6.04 Å². The molecule has 0 aliphatic carbocycles. The summed E-state index contributed by atoms with van der Waals surface area (Å²) in [6, 6.07) is 9.42. The van der Waals surface area contributed by atoms with Gasteiger partial charge in [-0.25, -0.2) is 9.38 Å². The molecule has 3 heterocycles. The molecule has 0 spiro atoms. The molecule has 0 N–H and O–H groups in total. The monoisotopic (exact) mass is 299 g/mol. The van der Waals surface area contributed by atoms with E-state index in [2.05, 4.69) is 14.9 Å². The van der Waals surface area contributed by atoms with Crippen LogP contribution in [0.25, 0.3) is 0 Å². The second-order valence-corrected chi connectivity index (χ2v) is 6.30.